The highest BCUT2D eigenvalue weighted by atomic mass is 19.1. The molecule has 0 radical (unpaired) electrons. The van der Waals surface area contributed by atoms with E-state index in [-0.39, 0.29) is 0 Å². The van der Waals surface area contributed by atoms with Crippen molar-refractivity contribution in [3.05, 3.63) is 24.2 Å². The van der Waals surface area contributed by atoms with E-state index < -0.39 is 12.1 Å². The first-order chi connectivity index (χ1) is 3.79. The number of allylic oxidation sites excluding steroid dienone is 2. The lowest BCUT2D eigenvalue weighted by molar-refractivity contribution is 0.356. The molecule has 8 heavy (non-hydrogen) atoms. The molecule has 0 saturated heterocycles. The number of dihydropyridines is 1. The van der Waals surface area contributed by atoms with Crippen molar-refractivity contribution in [2.24, 2.45) is 0 Å². The molecule has 3 heteroatoms. The summed E-state index contributed by atoms with van der Waals surface area (Å²) in [5.41, 5.74) is 0. The zero-order valence-corrected chi connectivity index (χ0v) is 4.07. The fourth-order valence-corrected chi connectivity index (χ4v) is 0.463. The number of alkyl halides is 1. The van der Waals surface area contributed by atoms with Gasteiger partial charge >= 0.3 is 0 Å². The van der Waals surface area contributed by atoms with Crippen LogP contribution in [0.25, 0.3) is 0 Å². The molecule has 0 fully saturated rings. The van der Waals surface area contributed by atoms with Crippen LogP contribution in [0.4, 0.5) is 8.78 Å². The van der Waals surface area contributed by atoms with E-state index in [1.54, 1.807) is 0 Å². The summed E-state index contributed by atoms with van der Waals surface area (Å²) in [5, 5.41) is 2.25. The molecular formula is C5H5F2N. The molecule has 0 aromatic rings. The zero-order chi connectivity index (χ0) is 5.98. The summed E-state index contributed by atoms with van der Waals surface area (Å²) in [4.78, 5) is 0. The molecule has 0 aliphatic carbocycles. The standard InChI is InChI=1S/C5H5F2N/c6-4-1-2-8-5(7)3-4/h1-3,5,8H. The molecule has 0 amide bonds. The summed E-state index contributed by atoms with van der Waals surface area (Å²) in [6, 6.07) is 0. The second-order valence-corrected chi connectivity index (χ2v) is 1.45. The van der Waals surface area contributed by atoms with Crippen LogP contribution in [-0.4, -0.2) is 6.30 Å². The predicted molar refractivity (Wildman–Crippen MR) is 26.4 cm³/mol. The monoisotopic (exact) mass is 117 g/mol. The van der Waals surface area contributed by atoms with Gasteiger partial charge in [-0.2, -0.15) is 0 Å². The van der Waals surface area contributed by atoms with Crippen LogP contribution in [0.5, 0.6) is 0 Å². The molecule has 0 aromatic carbocycles. The second kappa shape index (κ2) is 1.94. The summed E-state index contributed by atoms with van der Waals surface area (Å²) < 4.78 is 23.9. The Labute approximate surface area is 45.7 Å². The summed E-state index contributed by atoms with van der Waals surface area (Å²) in [6.07, 6.45) is 1.90. The van der Waals surface area contributed by atoms with Gasteiger partial charge in [0.25, 0.3) is 0 Å². The minimum atomic E-state index is -1.36. The van der Waals surface area contributed by atoms with Crippen LogP contribution in [0.2, 0.25) is 0 Å². The molecule has 0 saturated carbocycles. The van der Waals surface area contributed by atoms with Crippen molar-refractivity contribution < 1.29 is 8.78 Å². The van der Waals surface area contributed by atoms with Crippen molar-refractivity contribution in [2.45, 2.75) is 6.30 Å². The van der Waals surface area contributed by atoms with Crippen LogP contribution in [0, 0.1) is 0 Å². The lowest BCUT2D eigenvalue weighted by Crippen LogP contribution is -2.18. The van der Waals surface area contributed by atoms with E-state index in [0.29, 0.717) is 0 Å². The third kappa shape index (κ3) is 1.05. The quantitative estimate of drug-likeness (QED) is 0.471. The van der Waals surface area contributed by atoms with Gasteiger partial charge in [-0.1, -0.05) is 0 Å². The van der Waals surface area contributed by atoms with Crippen molar-refractivity contribution in [1.29, 1.82) is 0 Å². The topological polar surface area (TPSA) is 12.0 Å². The molecule has 1 rings (SSSR count). The first-order valence-electron chi connectivity index (χ1n) is 2.23. The summed E-state index contributed by atoms with van der Waals surface area (Å²) >= 11 is 0. The Kier molecular flexibility index (Phi) is 1.28. The minimum Gasteiger partial charge on any atom is -0.359 e. The zero-order valence-electron chi connectivity index (χ0n) is 4.07. The lowest BCUT2D eigenvalue weighted by atomic mass is 10.4. The molecular weight excluding hydrogens is 112 g/mol. The first-order valence-corrected chi connectivity index (χ1v) is 2.23. The van der Waals surface area contributed by atoms with Gasteiger partial charge in [0.15, 0.2) is 6.30 Å². The van der Waals surface area contributed by atoms with E-state index in [1.165, 1.54) is 6.20 Å². The highest BCUT2D eigenvalue weighted by Gasteiger charge is 2.03. The number of hydrogen-bond acceptors (Lipinski definition) is 1. The average Bonchev–Trinajstić information content (AvgIpc) is 1.64. The Morgan fingerprint density at radius 1 is 1.62 bits per heavy atom. The van der Waals surface area contributed by atoms with E-state index in [4.69, 9.17) is 0 Å². The molecule has 0 aromatic heterocycles. The summed E-state index contributed by atoms with van der Waals surface area (Å²) in [5.74, 6) is -0.531. The van der Waals surface area contributed by atoms with Gasteiger partial charge in [-0.3, -0.25) is 0 Å². The molecule has 0 spiro atoms. The van der Waals surface area contributed by atoms with Crippen molar-refractivity contribution in [1.82, 2.24) is 5.32 Å². The third-order valence-corrected chi connectivity index (χ3v) is 0.804. The van der Waals surface area contributed by atoms with Gasteiger partial charge in [0.2, 0.25) is 0 Å². The van der Waals surface area contributed by atoms with Crippen LogP contribution in [0.3, 0.4) is 0 Å². The van der Waals surface area contributed by atoms with Gasteiger partial charge < -0.3 is 5.32 Å². The largest absolute Gasteiger partial charge is 0.359 e. The Morgan fingerprint density at radius 3 is 2.75 bits per heavy atom. The van der Waals surface area contributed by atoms with Crippen molar-refractivity contribution in [3.8, 4) is 0 Å². The normalized spacial score (nSPS) is 26.8. The number of halogens is 2. The lowest BCUT2D eigenvalue weighted by Gasteiger charge is -2.05. The predicted octanol–water partition coefficient (Wildman–Crippen LogP) is 1.25. The van der Waals surface area contributed by atoms with Crippen LogP contribution < -0.4 is 5.32 Å². The molecule has 0 bridgehead atoms. The van der Waals surface area contributed by atoms with Gasteiger partial charge in [0.05, 0.1) is 0 Å². The summed E-state index contributed by atoms with van der Waals surface area (Å²) in [7, 11) is 0. The van der Waals surface area contributed by atoms with Crippen LogP contribution >= 0.6 is 0 Å². The van der Waals surface area contributed by atoms with Crippen molar-refractivity contribution in [3.63, 3.8) is 0 Å². The summed E-state index contributed by atoms with van der Waals surface area (Å²) in [6.45, 7) is 0. The Hall–Kier alpha value is -0.860. The maximum Gasteiger partial charge on any atom is 0.191 e. The van der Waals surface area contributed by atoms with Gasteiger partial charge in [0.1, 0.15) is 5.83 Å². The van der Waals surface area contributed by atoms with Gasteiger partial charge in [0, 0.05) is 12.3 Å². The maximum atomic E-state index is 12.0. The highest BCUT2D eigenvalue weighted by Crippen LogP contribution is 2.05. The Bertz CT molecular complexity index is 139. The molecule has 1 N–H and O–H groups in total. The minimum absolute atomic E-state index is 0.531. The van der Waals surface area contributed by atoms with Crippen molar-refractivity contribution >= 4 is 0 Å². The highest BCUT2D eigenvalue weighted by molar-refractivity contribution is 5.16. The van der Waals surface area contributed by atoms with Crippen LogP contribution in [0.15, 0.2) is 24.2 Å². The number of rotatable bonds is 0. The molecule has 1 nitrogen and oxygen atoms in total. The number of hydrogen-bond donors (Lipinski definition) is 1. The molecule has 1 unspecified atom stereocenters. The Morgan fingerprint density at radius 2 is 2.38 bits per heavy atom. The number of nitrogens with one attached hydrogen (secondary N) is 1. The van der Waals surface area contributed by atoms with Gasteiger partial charge in [-0.15, -0.1) is 0 Å². The molecule has 1 aliphatic heterocycles. The van der Waals surface area contributed by atoms with E-state index in [1.807, 2.05) is 0 Å². The van der Waals surface area contributed by atoms with Crippen LogP contribution in [-0.2, 0) is 0 Å². The smallest absolute Gasteiger partial charge is 0.191 e. The SMILES string of the molecule is FC1=CC(F)NC=C1. The van der Waals surface area contributed by atoms with E-state index in [2.05, 4.69) is 5.32 Å². The fourth-order valence-electron chi connectivity index (χ4n) is 0.463. The van der Waals surface area contributed by atoms with E-state index in [9.17, 15) is 8.78 Å². The average molecular weight is 117 g/mol. The fraction of sp³-hybridized carbons (Fsp3) is 0.200. The Balaban J connectivity index is 2.63. The molecule has 44 valence electrons. The van der Waals surface area contributed by atoms with E-state index >= 15 is 0 Å². The third-order valence-electron chi connectivity index (χ3n) is 0.804. The molecule has 1 aliphatic rings. The van der Waals surface area contributed by atoms with E-state index in [0.717, 1.165) is 12.2 Å². The first kappa shape index (κ1) is 5.28. The van der Waals surface area contributed by atoms with Crippen LogP contribution in [0.1, 0.15) is 0 Å². The molecule has 1 atom stereocenters. The van der Waals surface area contributed by atoms with Gasteiger partial charge in [-0.25, -0.2) is 8.78 Å². The van der Waals surface area contributed by atoms with Gasteiger partial charge in [-0.05, 0) is 6.08 Å². The van der Waals surface area contributed by atoms with Crippen molar-refractivity contribution in [2.75, 3.05) is 0 Å². The maximum absolute atomic E-state index is 12.0. The molecule has 1 heterocycles. The second-order valence-electron chi connectivity index (χ2n) is 1.45.